The van der Waals surface area contributed by atoms with Crippen molar-refractivity contribution in [2.45, 2.75) is 25.8 Å². The summed E-state index contributed by atoms with van der Waals surface area (Å²) in [6.45, 7) is 3.02. The number of rotatable bonds is 3. The van der Waals surface area contributed by atoms with Crippen LogP contribution in [0.2, 0.25) is 0 Å². The normalized spacial score (nSPS) is 18.6. The molecular formula is C13H17NO3. The molecule has 2 N–H and O–H groups in total. The van der Waals surface area contributed by atoms with Crippen LogP contribution in [-0.4, -0.2) is 24.7 Å². The highest BCUT2D eigenvalue weighted by molar-refractivity contribution is 5.91. The molecule has 0 saturated heterocycles. The van der Waals surface area contributed by atoms with Crippen LogP contribution in [0.25, 0.3) is 0 Å². The molecule has 4 heteroatoms. The number of ether oxygens (including phenoxy) is 1. The molecule has 4 nitrogen and oxygen atoms in total. The molecule has 1 aliphatic rings. The molecule has 2 rings (SSSR count). The maximum atomic E-state index is 11.1. The van der Waals surface area contributed by atoms with Gasteiger partial charge in [-0.15, -0.1) is 0 Å². The molecule has 1 aromatic rings. The number of hydrogen-bond donors (Lipinski definition) is 2. The van der Waals surface area contributed by atoms with Crippen LogP contribution in [0.15, 0.2) is 12.1 Å². The number of carbonyl (C=O) groups is 1. The van der Waals surface area contributed by atoms with Crippen LogP contribution in [0.1, 0.15) is 40.9 Å². The van der Waals surface area contributed by atoms with Gasteiger partial charge in [0.05, 0.1) is 7.11 Å². The standard InChI is InChI=1S/C13H17NO3/c1-3-11-9-7-12(17-2)10(13(15)16)6-8(9)4-5-14-11/h6-7,11,14H,3-5H2,1-2H3,(H,15,16). The van der Waals surface area contributed by atoms with Gasteiger partial charge in [0.15, 0.2) is 0 Å². The lowest BCUT2D eigenvalue weighted by Crippen LogP contribution is -2.29. The van der Waals surface area contributed by atoms with E-state index < -0.39 is 5.97 Å². The number of hydrogen-bond acceptors (Lipinski definition) is 3. The van der Waals surface area contributed by atoms with Crippen molar-refractivity contribution in [1.82, 2.24) is 5.32 Å². The zero-order valence-electron chi connectivity index (χ0n) is 10.1. The van der Waals surface area contributed by atoms with E-state index in [0.29, 0.717) is 11.8 Å². The molecular weight excluding hydrogens is 218 g/mol. The molecule has 0 bridgehead atoms. The first-order valence-corrected chi connectivity index (χ1v) is 5.84. The molecule has 0 amide bonds. The Morgan fingerprint density at radius 1 is 1.59 bits per heavy atom. The molecule has 1 aliphatic heterocycles. The number of fused-ring (bicyclic) bond motifs is 1. The third-order valence-electron chi connectivity index (χ3n) is 3.26. The van der Waals surface area contributed by atoms with Crippen molar-refractivity contribution in [1.29, 1.82) is 0 Å². The van der Waals surface area contributed by atoms with Crippen molar-refractivity contribution in [2.24, 2.45) is 0 Å². The van der Waals surface area contributed by atoms with E-state index in [1.807, 2.05) is 6.07 Å². The second-order valence-corrected chi connectivity index (χ2v) is 4.22. The molecule has 1 aromatic carbocycles. The number of aromatic carboxylic acids is 1. The van der Waals surface area contributed by atoms with E-state index >= 15 is 0 Å². The highest BCUT2D eigenvalue weighted by Gasteiger charge is 2.22. The second kappa shape index (κ2) is 4.75. The first-order chi connectivity index (χ1) is 8.17. The Balaban J connectivity index is 2.52. The van der Waals surface area contributed by atoms with Crippen LogP contribution >= 0.6 is 0 Å². The SMILES string of the molecule is CCC1NCCc2cc(C(=O)O)c(OC)cc21. The molecule has 0 saturated carbocycles. The van der Waals surface area contributed by atoms with Crippen molar-refractivity contribution in [3.05, 3.63) is 28.8 Å². The van der Waals surface area contributed by atoms with Gasteiger partial charge in [0.25, 0.3) is 0 Å². The summed E-state index contributed by atoms with van der Waals surface area (Å²) in [7, 11) is 1.51. The van der Waals surface area contributed by atoms with Gasteiger partial charge in [0.1, 0.15) is 11.3 Å². The summed E-state index contributed by atoms with van der Waals surface area (Å²) in [6.07, 6.45) is 1.86. The van der Waals surface area contributed by atoms with Gasteiger partial charge in [-0.1, -0.05) is 6.92 Å². The Bertz CT molecular complexity index is 443. The van der Waals surface area contributed by atoms with Crippen molar-refractivity contribution in [3.63, 3.8) is 0 Å². The van der Waals surface area contributed by atoms with Crippen molar-refractivity contribution in [2.75, 3.05) is 13.7 Å². The molecule has 0 fully saturated rings. The van der Waals surface area contributed by atoms with Gasteiger partial charge in [0, 0.05) is 6.04 Å². The van der Waals surface area contributed by atoms with E-state index in [-0.39, 0.29) is 5.56 Å². The molecule has 92 valence electrons. The molecule has 0 aromatic heterocycles. The molecule has 0 radical (unpaired) electrons. The fourth-order valence-corrected chi connectivity index (χ4v) is 2.37. The van der Waals surface area contributed by atoms with Crippen molar-refractivity contribution in [3.8, 4) is 5.75 Å². The minimum atomic E-state index is -0.934. The van der Waals surface area contributed by atoms with Crippen molar-refractivity contribution >= 4 is 5.97 Å². The lowest BCUT2D eigenvalue weighted by atomic mass is 9.91. The summed E-state index contributed by atoms with van der Waals surface area (Å²) in [4.78, 5) is 11.1. The predicted octanol–water partition coefficient (Wildman–Crippen LogP) is 1.99. The first-order valence-electron chi connectivity index (χ1n) is 5.84. The van der Waals surface area contributed by atoms with Gasteiger partial charge < -0.3 is 15.2 Å². The average Bonchev–Trinajstić information content (AvgIpc) is 2.36. The number of carboxylic acid groups (broad SMARTS) is 1. The van der Waals surface area contributed by atoms with E-state index in [9.17, 15) is 4.79 Å². The average molecular weight is 235 g/mol. The van der Waals surface area contributed by atoms with Gasteiger partial charge in [-0.25, -0.2) is 4.79 Å². The largest absolute Gasteiger partial charge is 0.496 e. The van der Waals surface area contributed by atoms with E-state index in [1.54, 1.807) is 6.07 Å². The number of nitrogens with one attached hydrogen (secondary N) is 1. The molecule has 0 aliphatic carbocycles. The number of methoxy groups -OCH3 is 1. The Kier molecular flexibility index (Phi) is 3.33. The van der Waals surface area contributed by atoms with Crippen LogP contribution in [0, 0.1) is 0 Å². The summed E-state index contributed by atoms with van der Waals surface area (Å²) in [5.41, 5.74) is 2.54. The van der Waals surface area contributed by atoms with E-state index in [1.165, 1.54) is 12.7 Å². The Labute approximate surface area is 101 Å². The summed E-state index contributed by atoms with van der Waals surface area (Å²) in [6, 6.07) is 3.91. The summed E-state index contributed by atoms with van der Waals surface area (Å²) in [5, 5.41) is 12.5. The molecule has 1 atom stereocenters. The first kappa shape index (κ1) is 11.9. The van der Waals surface area contributed by atoms with Crippen molar-refractivity contribution < 1.29 is 14.6 Å². The quantitative estimate of drug-likeness (QED) is 0.841. The summed E-state index contributed by atoms with van der Waals surface area (Å²) in [5.74, 6) is -0.491. The predicted molar refractivity (Wildman–Crippen MR) is 64.7 cm³/mol. The fraction of sp³-hybridized carbons (Fsp3) is 0.462. The molecule has 1 heterocycles. The Morgan fingerprint density at radius 2 is 2.35 bits per heavy atom. The van der Waals surface area contributed by atoms with Crippen LogP contribution in [0.3, 0.4) is 0 Å². The lowest BCUT2D eigenvalue weighted by Gasteiger charge is -2.27. The van der Waals surface area contributed by atoms with Crippen LogP contribution in [-0.2, 0) is 6.42 Å². The monoisotopic (exact) mass is 235 g/mol. The minimum Gasteiger partial charge on any atom is -0.496 e. The maximum Gasteiger partial charge on any atom is 0.339 e. The Morgan fingerprint density at radius 3 is 2.94 bits per heavy atom. The minimum absolute atomic E-state index is 0.253. The molecule has 17 heavy (non-hydrogen) atoms. The lowest BCUT2D eigenvalue weighted by molar-refractivity contribution is 0.0693. The zero-order valence-corrected chi connectivity index (χ0v) is 10.1. The van der Waals surface area contributed by atoms with Gasteiger partial charge >= 0.3 is 5.97 Å². The van der Waals surface area contributed by atoms with Gasteiger partial charge in [0.2, 0.25) is 0 Å². The van der Waals surface area contributed by atoms with E-state index in [2.05, 4.69) is 12.2 Å². The van der Waals surface area contributed by atoms with Crippen LogP contribution in [0.5, 0.6) is 5.75 Å². The summed E-state index contributed by atoms with van der Waals surface area (Å²) < 4.78 is 5.16. The third-order valence-corrected chi connectivity index (χ3v) is 3.26. The maximum absolute atomic E-state index is 11.1. The number of benzene rings is 1. The Hall–Kier alpha value is -1.55. The van der Waals surface area contributed by atoms with Gasteiger partial charge in [-0.2, -0.15) is 0 Å². The van der Waals surface area contributed by atoms with E-state index in [0.717, 1.165) is 24.9 Å². The highest BCUT2D eigenvalue weighted by atomic mass is 16.5. The third kappa shape index (κ3) is 2.13. The topological polar surface area (TPSA) is 58.6 Å². The van der Waals surface area contributed by atoms with E-state index in [4.69, 9.17) is 9.84 Å². The zero-order chi connectivity index (χ0) is 12.4. The second-order valence-electron chi connectivity index (χ2n) is 4.22. The van der Waals surface area contributed by atoms with Gasteiger partial charge in [-0.3, -0.25) is 0 Å². The fourth-order valence-electron chi connectivity index (χ4n) is 2.37. The van der Waals surface area contributed by atoms with Crippen LogP contribution in [0.4, 0.5) is 0 Å². The smallest absolute Gasteiger partial charge is 0.339 e. The molecule has 0 spiro atoms. The number of carboxylic acids is 1. The highest BCUT2D eigenvalue weighted by Crippen LogP contribution is 2.31. The van der Waals surface area contributed by atoms with Gasteiger partial charge in [-0.05, 0) is 42.6 Å². The molecule has 1 unspecified atom stereocenters. The summed E-state index contributed by atoms with van der Waals surface area (Å²) >= 11 is 0. The van der Waals surface area contributed by atoms with Crippen LogP contribution < -0.4 is 10.1 Å².